The molecule has 0 radical (unpaired) electrons. The SMILES string of the molecule is COC(=O)c1sc(-c2cccc(NC3CCN(S(=O)(=O)Cc4cccc([N+](=O)[O-])c4)CC3)c2)c(Br)c1OCC(=O)OC(C)(C)C. The molecule has 0 spiro atoms. The monoisotopic (exact) mass is 723 g/mol. The summed E-state index contributed by atoms with van der Waals surface area (Å²) in [5.41, 5.74) is 1.13. The van der Waals surface area contributed by atoms with Crippen molar-refractivity contribution in [3.63, 3.8) is 0 Å². The van der Waals surface area contributed by atoms with Crippen molar-refractivity contribution in [3.05, 3.63) is 73.6 Å². The highest BCUT2D eigenvalue weighted by molar-refractivity contribution is 9.10. The minimum Gasteiger partial charge on any atom is -0.479 e. The number of nitrogens with zero attached hydrogens (tertiary/aromatic N) is 2. The van der Waals surface area contributed by atoms with Gasteiger partial charge in [0.15, 0.2) is 17.2 Å². The number of ether oxygens (including phenoxy) is 3. The van der Waals surface area contributed by atoms with Crippen molar-refractivity contribution < 1.29 is 37.1 Å². The minimum atomic E-state index is -3.65. The third kappa shape index (κ3) is 9.02. The van der Waals surface area contributed by atoms with Crippen molar-refractivity contribution >= 4 is 60.6 Å². The van der Waals surface area contributed by atoms with E-state index in [-0.39, 0.29) is 28.1 Å². The van der Waals surface area contributed by atoms with E-state index in [2.05, 4.69) is 21.2 Å². The topological polar surface area (TPSA) is 154 Å². The van der Waals surface area contributed by atoms with Gasteiger partial charge in [0.1, 0.15) is 5.60 Å². The molecule has 15 heteroatoms. The van der Waals surface area contributed by atoms with Gasteiger partial charge in [0.25, 0.3) is 5.69 Å². The lowest BCUT2D eigenvalue weighted by Gasteiger charge is -2.32. The Hall–Kier alpha value is -3.53. The van der Waals surface area contributed by atoms with E-state index in [1.165, 1.54) is 29.6 Å². The summed E-state index contributed by atoms with van der Waals surface area (Å²) in [6.45, 7) is 5.48. The van der Waals surface area contributed by atoms with Crippen LogP contribution in [0.3, 0.4) is 0 Å². The van der Waals surface area contributed by atoms with E-state index in [0.717, 1.165) is 22.6 Å². The number of carbonyl (C=O) groups is 2. The van der Waals surface area contributed by atoms with E-state index >= 15 is 0 Å². The minimum absolute atomic E-state index is 0.00893. The van der Waals surface area contributed by atoms with Gasteiger partial charge in [-0.3, -0.25) is 10.1 Å². The second-order valence-corrected chi connectivity index (χ2v) is 15.1. The maximum atomic E-state index is 13.0. The lowest BCUT2D eigenvalue weighted by Crippen LogP contribution is -2.42. The number of carbonyl (C=O) groups excluding carboxylic acids is 2. The number of anilines is 1. The number of thiophene rings is 1. The van der Waals surface area contributed by atoms with Crippen LogP contribution in [0, 0.1) is 10.1 Å². The number of hydrogen-bond acceptors (Lipinski definition) is 11. The van der Waals surface area contributed by atoms with Crippen LogP contribution < -0.4 is 10.1 Å². The molecular weight excluding hydrogens is 690 g/mol. The average Bonchev–Trinajstić information content (AvgIpc) is 3.31. The third-order valence-corrected chi connectivity index (χ3v) is 10.8. The quantitative estimate of drug-likeness (QED) is 0.142. The summed E-state index contributed by atoms with van der Waals surface area (Å²) in [6.07, 6.45) is 1.13. The Morgan fingerprint density at radius 1 is 1.13 bits per heavy atom. The van der Waals surface area contributed by atoms with Crippen LogP contribution >= 0.6 is 27.3 Å². The molecule has 242 valence electrons. The summed E-state index contributed by atoms with van der Waals surface area (Å²) >= 11 is 4.70. The fourth-order valence-electron chi connectivity index (χ4n) is 4.77. The molecule has 12 nitrogen and oxygen atoms in total. The molecule has 0 unspecified atom stereocenters. The summed E-state index contributed by atoms with van der Waals surface area (Å²) < 4.78 is 44.0. The fraction of sp³-hybridized carbons (Fsp3) is 0.400. The molecule has 0 aliphatic carbocycles. The molecule has 2 aromatic carbocycles. The van der Waals surface area contributed by atoms with E-state index in [0.29, 0.717) is 40.8 Å². The second-order valence-electron chi connectivity index (χ2n) is 11.4. The van der Waals surface area contributed by atoms with Crippen LogP contribution in [0.15, 0.2) is 53.0 Å². The van der Waals surface area contributed by atoms with Crippen LogP contribution in [0.2, 0.25) is 0 Å². The van der Waals surface area contributed by atoms with Crippen molar-refractivity contribution in [2.45, 2.75) is 51.0 Å². The predicted octanol–water partition coefficient (Wildman–Crippen LogP) is 6.00. The molecule has 1 aliphatic heterocycles. The van der Waals surface area contributed by atoms with Gasteiger partial charge in [-0.2, -0.15) is 0 Å². The largest absolute Gasteiger partial charge is 0.479 e. The molecule has 1 aliphatic rings. The average molecular weight is 725 g/mol. The Kier molecular flexibility index (Phi) is 10.9. The van der Waals surface area contributed by atoms with Gasteiger partial charge in [0.05, 0.1) is 27.1 Å². The number of benzene rings is 2. The van der Waals surface area contributed by atoms with Gasteiger partial charge >= 0.3 is 11.9 Å². The lowest BCUT2D eigenvalue weighted by molar-refractivity contribution is -0.384. The standard InChI is InChI=1S/C30H34BrN3O9S2/c1-30(2,3)43-24(35)17-42-26-25(31)27(44-28(26)29(36)41-4)20-8-6-9-22(16-20)32-21-11-13-33(14-12-21)45(39,40)18-19-7-5-10-23(15-19)34(37)38/h5-10,15-16,21,32H,11-14,17-18H2,1-4H3. The summed E-state index contributed by atoms with van der Waals surface area (Å²) in [5.74, 6) is -1.30. The molecule has 1 saturated heterocycles. The van der Waals surface area contributed by atoms with Crippen LogP contribution in [-0.2, 0) is 30.0 Å². The van der Waals surface area contributed by atoms with Gasteiger partial charge < -0.3 is 19.5 Å². The smallest absolute Gasteiger partial charge is 0.351 e. The molecule has 3 aromatic rings. The Labute approximate surface area is 274 Å². The highest BCUT2D eigenvalue weighted by atomic mass is 79.9. The third-order valence-electron chi connectivity index (χ3n) is 6.75. The summed E-state index contributed by atoms with van der Waals surface area (Å²) in [4.78, 5) is 36.2. The van der Waals surface area contributed by atoms with Crippen molar-refractivity contribution in [2.24, 2.45) is 0 Å². The molecular formula is C30H34BrN3O9S2. The Morgan fingerprint density at radius 3 is 2.47 bits per heavy atom. The summed E-state index contributed by atoms with van der Waals surface area (Å²) in [6, 6.07) is 13.2. The molecule has 1 N–H and O–H groups in total. The lowest BCUT2D eigenvalue weighted by atomic mass is 10.1. The number of rotatable bonds is 11. The van der Waals surface area contributed by atoms with Crippen LogP contribution in [-0.4, -0.2) is 68.0 Å². The van der Waals surface area contributed by atoms with Gasteiger partial charge in [0.2, 0.25) is 10.0 Å². The Balaban J connectivity index is 1.43. The van der Waals surface area contributed by atoms with Crippen LogP contribution in [0.4, 0.5) is 11.4 Å². The van der Waals surface area contributed by atoms with E-state index in [1.54, 1.807) is 26.8 Å². The highest BCUT2D eigenvalue weighted by Gasteiger charge is 2.29. The van der Waals surface area contributed by atoms with E-state index in [1.807, 2.05) is 24.3 Å². The Bertz CT molecular complexity index is 1680. The summed E-state index contributed by atoms with van der Waals surface area (Å²) in [5, 5.41) is 14.5. The highest BCUT2D eigenvalue weighted by Crippen LogP contribution is 2.46. The number of non-ortho nitro benzene ring substituents is 1. The first-order valence-corrected chi connectivity index (χ1v) is 17.2. The van der Waals surface area contributed by atoms with Crippen molar-refractivity contribution in [2.75, 3.05) is 32.1 Å². The number of esters is 2. The van der Waals surface area contributed by atoms with Crippen molar-refractivity contribution in [1.29, 1.82) is 0 Å². The van der Waals surface area contributed by atoms with Crippen LogP contribution in [0.5, 0.6) is 5.75 Å². The predicted molar refractivity (Wildman–Crippen MR) is 174 cm³/mol. The van der Waals surface area contributed by atoms with Gasteiger partial charge in [-0.05, 0) is 72.8 Å². The van der Waals surface area contributed by atoms with Gasteiger partial charge in [-0.15, -0.1) is 11.3 Å². The molecule has 1 fully saturated rings. The maximum absolute atomic E-state index is 13.0. The Morgan fingerprint density at radius 2 is 1.82 bits per heavy atom. The normalized spacial score (nSPS) is 14.5. The molecule has 2 heterocycles. The second kappa shape index (κ2) is 14.3. The van der Waals surface area contributed by atoms with E-state index in [9.17, 15) is 28.1 Å². The maximum Gasteiger partial charge on any atom is 0.351 e. The molecule has 1 aromatic heterocycles. The zero-order chi connectivity index (χ0) is 32.9. The van der Waals surface area contributed by atoms with Gasteiger partial charge in [-0.25, -0.2) is 22.3 Å². The van der Waals surface area contributed by atoms with Crippen LogP contribution in [0.1, 0.15) is 48.8 Å². The molecule has 0 atom stereocenters. The number of hydrogen-bond donors (Lipinski definition) is 1. The first-order chi connectivity index (χ1) is 21.2. The van der Waals surface area contributed by atoms with Gasteiger partial charge in [-0.1, -0.05) is 24.3 Å². The fourth-order valence-corrected chi connectivity index (χ4v) is 8.28. The zero-order valence-electron chi connectivity index (χ0n) is 25.2. The first-order valence-electron chi connectivity index (χ1n) is 14.0. The van der Waals surface area contributed by atoms with Crippen molar-refractivity contribution in [3.8, 4) is 16.2 Å². The zero-order valence-corrected chi connectivity index (χ0v) is 28.4. The van der Waals surface area contributed by atoms with Crippen molar-refractivity contribution in [1.82, 2.24) is 4.31 Å². The molecule has 4 rings (SSSR count). The number of sulfonamides is 1. The molecule has 0 bridgehead atoms. The number of methoxy groups -OCH3 is 1. The summed E-state index contributed by atoms with van der Waals surface area (Å²) in [7, 11) is -2.39. The van der Waals surface area contributed by atoms with Gasteiger partial charge in [0, 0.05) is 37.0 Å². The van der Waals surface area contributed by atoms with Crippen LogP contribution in [0.25, 0.3) is 10.4 Å². The number of piperidine rings is 1. The first kappa shape index (κ1) is 34.3. The number of nitro groups is 1. The molecule has 0 amide bonds. The number of halogens is 1. The number of nitro benzene ring substituents is 1. The number of nitrogens with one attached hydrogen (secondary N) is 1. The molecule has 0 saturated carbocycles. The van der Waals surface area contributed by atoms with E-state index in [4.69, 9.17) is 14.2 Å². The molecule has 45 heavy (non-hydrogen) atoms. The van der Waals surface area contributed by atoms with E-state index < -0.39 is 39.1 Å².